The second kappa shape index (κ2) is 8.54. The van der Waals surface area contributed by atoms with Gasteiger partial charge in [-0.1, -0.05) is 17.7 Å². The van der Waals surface area contributed by atoms with E-state index in [2.05, 4.69) is 5.10 Å². The number of methoxy groups -OCH3 is 1. The lowest BCUT2D eigenvalue weighted by molar-refractivity contribution is 0.0515. The van der Waals surface area contributed by atoms with Crippen molar-refractivity contribution in [1.82, 2.24) is 9.78 Å². The molecule has 0 saturated carbocycles. The van der Waals surface area contributed by atoms with E-state index in [0.717, 1.165) is 22.6 Å². The topological polar surface area (TPSA) is 53.4 Å². The lowest BCUT2D eigenvalue weighted by atomic mass is 10.1. The van der Waals surface area contributed by atoms with Gasteiger partial charge in [0, 0.05) is 5.56 Å². The van der Waals surface area contributed by atoms with Crippen LogP contribution in [0.15, 0.2) is 54.6 Å². The molecular formula is C20H21ClN2O3. The number of halogens is 1. The fraction of sp³-hybridized carbons (Fsp3) is 0.200. The molecule has 0 aliphatic carbocycles. The molecule has 2 aromatic carbocycles. The Balaban J connectivity index is 0.00000243. The van der Waals surface area contributed by atoms with Gasteiger partial charge in [0.15, 0.2) is 5.69 Å². The zero-order chi connectivity index (χ0) is 17.8. The second-order valence-corrected chi connectivity index (χ2v) is 5.61. The van der Waals surface area contributed by atoms with Crippen LogP contribution in [0.5, 0.6) is 5.75 Å². The molecule has 0 bridgehead atoms. The highest BCUT2D eigenvalue weighted by atomic mass is 35.5. The largest absolute Gasteiger partial charge is 0.497 e. The number of esters is 1. The smallest absolute Gasteiger partial charge is 0.357 e. The Labute approximate surface area is 159 Å². The van der Waals surface area contributed by atoms with Crippen LogP contribution < -0.4 is 4.74 Å². The number of aryl methyl sites for hydroxylation is 1. The normalized spacial score (nSPS) is 10.1. The Kier molecular flexibility index (Phi) is 6.41. The maximum Gasteiger partial charge on any atom is 0.357 e. The molecule has 1 heterocycles. The van der Waals surface area contributed by atoms with Gasteiger partial charge < -0.3 is 9.47 Å². The van der Waals surface area contributed by atoms with Gasteiger partial charge >= 0.3 is 5.97 Å². The van der Waals surface area contributed by atoms with Crippen LogP contribution in [0.4, 0.5) is 0 Å². The first-order chi connectivity index (χ1) is 12.1. The van der Waals surface area contributed by atoms with E-state index < -0.39 is 5.97 Å². The van der Waals surface area contributed by atoms with Crippen LogP contribution in [0.3, 0.4) is 0 Å². The summed E-state index contributed by atoms with van der Waals surface area (Å²) in [6, 6.07) is 17.1. The molecule has 5 nitrogen and oxygen atoms in total. The van der Waals surface area contributed by atoms with Crippen molar-refractivity contribution in [2.24, 2.45) is 0 Å². The number of aromatic nitrogens is 2. The second-order valence-electron chi connectivity index (χ2n) is 5.61. The fourth-order valence-corrected chi connectivity index (χ4v) is 2.52. The summed E-state index contributed by atoms with van der Waals surface area (Å²) >= 11 is 0. The number of hydrogen-bond acceptors (Lipinski definition) is 4. The highest BCUT2D eigenvalue weighted by molar-refractivity contribution is 5.89. The van der Waals surface area contributed by atoms with E-state index in [4.69, 9.17) is 9.47 Å². The summed E-state index contributed by atoms with van der Waals surface area (Å²) in [6.07, 6.45) is 0. The lowest BCUT2D eigenvalue weighted by Gasteiger charge is -2.07. The number of ether oxygens (including phenoxy) is 2. The first-order valence-corrected chi connectivity index (χ1v) is 8.11. The Bertz CT molecular complexity index is 871. The number of nitrogens with zero attached hydrogens (tertiary/aromatic N) is 2. The zero-order valence-electron chi connectivity index (χ0n) is 14.9. The third-order valence-corrected chi connectivity index (χ3v) is 3.86. The van der Waals surface area contributed by atoms with Crippen molar-refractivity contribution in [2.75, 3.05) is 13.7 Å². The van der Waals surface area contributed by atoms with Gasteiger partial charge in [0.1, 0.15) is 5.75 Å². The van der Waals surface area contributed by atoms with Crippen molar-refractivity contribution in [3.05, 3.63) is 65.9 Å². The Morgan fingerprint density at radius 1 is 1.08 bits per heavy atom. The van der Waals surface area contributed by atoms with Crippen LogP contribution in [0, 0.1) is 6.92 Å². The number of carbonyl (C=O) groups is 1. The zero-order valence-corrected chi connectivity index (χ0v) is 15.7. The Morgan fingerprint density at radius 2 is 1.73 bits per heavy atom. The summed E-state index contributed by atoms with van der Waals surface area (Å²) in [5.74, 6) is 0.377. The molecule has 3 aromatic rings. The summed E-state index contributed by atoms with van der Waals surface area (Å²) in [5, 5.41) is 4.61. The van der Waals surface area contributed by atoms with E-state index in [1.54, 1.807) is 24.8 Å². The first kappa shape index (κ1) is 19.5. The van der Waals surface area contributed by atoms with Crippen molar-refractivity contribution >= 4 is 18.4 Å². The molecule has 26 heavy (non-hydrogen) atoms. The minimum absolute atomic E-state index is 0. The maximum absolute atomic E-state index is 12.3. The van der Waals surface area contributed by atoms with Crippen molar-refractivity contribution in [1.29, 1.82) is 0 Å². The number of carbonyl (C=O) groups excluding carboxylic acids is 1. The van der Waals surface area contributed by atoms with Crippen LogP contribution in [-0.2, 0) is 4.74 Å². The van der Waals surface area contributed by atoms with Gasteiger partial charge in [-0.05, 0) is 56.3 Å². The summed E-state index contributed by atoms with van der Waals surface area (Å²) in [7, 11) is 1.62. The molecule has 0 spiro atoms. The monoisotopic (exact) mass is 372 g/mol. The molecule has 0 unspecified atom stereocenters. The molecule has 0 radical (unpaired) electrons. The molecule has 3 rings (SSSR count). The SMILES string of the molecule is CCOC(=O)c1cc(-c2ccc(OC)cc2)nn1-c1ccc(C)cc1.Cl. The summed E-state index contributed by atoms with van der Waals surface area (Å²) < 4.78 is 12.0. The highest BCUT2D eigenvalue weighted by Crippen LogP contribution is 2.24. The van der Waals surface area contributed by atoms with Crippen molar-refractivity contribution < 1.29 is 14.3 Å². The van der Waals surface area contributed by atoms with Gasteiger partial charge in [-0.25, -0.2) is 9.48 Å². The quantitative estimate of drug-likeness (QED) is 0.621. The van der Waals surface area contributed by atoms with Crippen LogP contribution >= 0.6 is 12.4 Å². The summed E-state index contributed by atoms with van der Waals surface area (Å²) in [4.78, 5) is 12.3. The predicted molar refractivity (Wildman–Crippen MR) is 103 cm³/mol. The minimum atomic E-state index is -0.393. The predicted octanol–water partition coefficient (Wildman–Crippen LogP) is 4.45. The third kappa shape index (κ3) is 4.06. The van der Waals surface area contributed by atoms with Gasteiger partial charge in [-0.3, -0.25) is 0 Å². The first-order valence-electron chi connectivity index (χ1n) is 8.11. The van der Waals surface area contributed by atoms with Crippen LogP contribution in [0.2, 0.25) is 0 Å². The summed E-state index contributed by atoms with van der Waals surface area (Å²) in [5.41, 5.74) is 3.96. The van der Waals surface area contributed by atoms with E-state index in [9.17, 15) is 4.79 Å². The summed E-state index contributed by atoms with van der Waals surface area (Å²) in [6.45, 7) is 4.12. The van der Waals surface area contributed by atoms with Crippen LogP contribution in [-0.4, -0.2) is 29.5 Å². The van der Waals surface area contributed by atoms with E-state index in [-0.39, 0.29) is 12.4 Å². The van der Waals surface area contributed by atoms with Crippen LogP contribution in [0.1, 0.15) is 23.0 Å². The van der Waals surface area contributed by atoms with Crippen molar-refractivity contribution in [3.63, 3.8) is 0 Å². The molecule has 0 fully saturated rings. The fourth-order valence-electron chi connectivity index (χ4n) is 2.52. The molecule has 0 N–H and O–H groups in total. The molecule has 1 aromatic heterocycles. The van der Waals surface area contributed by atoms with E-state index in [0.29, 0.717) is 18.0 Å². The molecule has 0 saturated heterocycles. The van der Waals surface area contributed by atoms with Gasteiger partial charge in [-0.2, -0.15) is 5.10 Å². The average molecular weight is 373 g/mol. The highest BCUT2D eigenvalue weighted by Gasteiger charge is 2.18. The molecule has 0 amide bonds. The third-order valence-electron chi connectivity index (χ3n) is 3.86. The lowest BCUT2D eigenvalue weighted by Crippen LogP contribution is -2.11. The van der Waals surface area contributed by atoms with Gasteiger partial charge in [0.2, 0.25) is 0 Å². The molecule has 0 atom stereocenters. The average Bonchev–Trinajstić information content (AvgIpc) is 3.08. The molecule has 0 aliphatic rings. The van der Waals surface area contributed by atoms with Crippen molar-refractivity contribution in [3.8, 4) is 22.7 Å². The van der Waals surface area contributed by atoms with Gasteiger partial charge in [0.05, 0.1) is 25.1 Å². The molecule has 0 aliphatic heterocycles. The maximum atomic E-state index is 12.3. The number of benzene rings is 2. The van der Waals surface area contributed by atoms with Gasteiger partial charge in [0.25, 0.3) is 0 Å². The standard InChI is InChI=1S/C20H20N2O3.ClH/c1-4-25-20(23)19-13-18(15-7-11-17(24-3)12-8-15)21-22(19)16-9-5-14(2)6-10-16;/h5-13H,4H2,1-3H3;1H. The Hall–Kier alpha value is -2.79. The van der Waals surface area contributed by atoms with Crippen molar-refractivity contribution in [2.45, 2.75) is 13.8 Å². The van der Waals surface area contributed by atoms with E-state index in [1.165, 1.54) is 0 Å². The molecular weight excluding hydrogens is 352 g/mol. The minimum Gasteiger partial charge on any atom is -0.497 e. The Morgan fingerprint density at radius 3 is 2.31 bits per heavy atom. The van der Waals surface area contributed by atoms with Crippen LogP contribution in [0.25, 0.3) is 16.9 Å². The number of hydrogen-bond donors (Lipinski definition) is 0. The van der Waals surface area contributed by atoms with Gasteiger partial charge in [-0.15, -0.1) is 12.4 Å². The molecule has 6 heteroatoms. The number of rotatable bonds is 5. The molecule has 136 valence electrons. The van der Waals surface area contributed by atoms with E-state index in [1.807, 2.05) is 55.5 Å². The van der Waals surface area contributed by atoms with E-state index >= 15 is 0 Å².